The van der Waals surface area contributed by atoms with Gasteiger partial charge in [-0.3, -0.25) is 4.99 Å². The van der Waals surface area contributed by atoms with Crippen molar-refractivity contribution in [1.82, 2.24) is 10.2 Å². The van der Waals surface area contributed by atoms with Gasteiger partial charge in [0, 0.05) is 26.7 Å². The Labute approximate surface area is 146 Å². The van der Waals surface area contributed by atoms with Crippen LogP contribution in [-0.4, -0.2) is 38.1 Å². The lowest BCUT2D eigenvalue weighted by Crippen LogP contribution is -2.38. The van der Waals surface area contributed by atoms with Crippen molar-refractivity contribution in [3.8, 4) is 5.75 Å². The number of nitrogens with one attached hydrogen (secondary N) is 1. The van der Waals surface area contributed by atoms with Gasteiger partial charge in [0.1, 0.15) is 5.75 Å². The molecule has 0 aliphatic rings. The number of halogens is 1. The predicted molar refractivity (Wildman–Crippen MR) is 101 cm³/mol. The highest BCUT2D eigenvalue weighted by atomic mass is 127. The van der Waals surface area contributed by atoms with Gasteiger partial charge in [-0.15, -0.1) is 24.0 Å². The minimum Gasteiger partial charge on any atom is -0.497 e. The van der Waals surface area contributed by atoms with E-state index in [1.54, 1.807) is 7.11 Å². The maximum Gasteiger partial charge on any atom is 0.193 e. The van der Waals surface area contributed by atoms with Crippen LogP contribution in [0.3, 0.4) is 0 Å². The molecule has 1 aromatic carbocycles. The lowest BCUT2D eigenvalue weighted by molar-refractivity contribution is 0.414. The predicted octanol–water partition coefficient (Wildman–Crippen LogP) is 3.51. The zero-order valence-electron chi connectivity index (χ0n) is 13.6. The van der Waals surface area contributed by atoms with Crippen molar-refractivity contribution in [2.75, 3.05) is 27.2 Å². The average Bonchev–Trinajstić information content (AvgIpc) is 2.47. The highest BCUT2D eigenvalue weighted by molar-refractivity contribution is 14.0. The number of aliphatic imine (C=N–C) groups is 1. The first-order chi connectivity index (χ1) is 9.71. The molecular weight excluding hydrogens is 377 g/mol. The highest BCUT2D eigenvalue weighted by Crippen LogP contribution is 2.12. The van der Waals surface area contributed by atoms with Gasteiger partial charge in [-0.25, -0.2) is 0 Å². The molecule has 120 valence electrons. The normalized spacial score (nSPS) is 10.8. The third kappa shape index (κ3) is 7.55. The molecule has 0 aliphatic heterocycles. The first-order valence-electron chi connectivity index (χ1n) is 7.33. The Balaban J connectivity index is 0.00000400. The fraction of sp³-hybridized carbons (Fsp3) is 0.562. The van der Waals surface area contributed by atoms with Crippen LogP contribution in [0.4, 0.5) is 0 Å². The maximum absolute atomic E-state index is 5.18. The smallest absolute Gasteiger partial charge is 0.193 e. The minimum absolute atomic E-state index is 0. The number of unbranched alkanes of at least 4 members (excludes halogenated alkanes) is 1. The van der Waals surface area contributed by atoms with Crippen molar-refractivity contribution in [3.05, 3.63) is 29.8 Å². The lowest BCUT2D eigenvalue weighted by atomic mass is 10.2. The molecule has 1 N–H and O–H groups in total. The molecule has 0 saturated heterocycles. The van der Waals surface area contributed by atoms with Gasteiger partial charge < -0.3 is 15.0 Å². The molecule has 0 saturated carbocycles. The Hall–Kier alpha value is -0.980. The summed E-state index contributed by atoms with van der Waals surface area (Å²) in [6, 6.07) is 8.16. The molecule has 0 bridgehead atoms. The Morgan fingerprint density at radius 1 is 1.24 bits per heavy atom. The molecule has 0 atom stereocenters. The largest absolute Gasteiger partial charge is 0.497 e. The minimum atomic E-state index is 0. The van der Waals surface area contributed by atoms with Crippen molar-refractivity contribution < 1.29 is 4.74 Å². The molecule has 0 unspecified atom stereocenters. The van der Waals surface area contributed by atoms with E-state index >= 15 is 0 Å². The fourth-order valence-electron chi connectivity index (χ4n) is 1.89. The van der Waals surface area contributed by atoms with Crippen LogP contribution in [0.2, 0.25) is 0 Å². The van der Waals surface area contributed by atoms with Gasteiger partial charge >= 0.3 is 0 Å². The molecule has 1 rings (SSSR count). The quantitative estimate of drug-likeness (QED) is 0.327. The number of hydrogen-bond acceptors (Lipinski definition) is 2. The van der Waals surface area contributed by atoms with E-state index in [9.17, 15) is 0 Å². The summed E-state index contributed by atoms with van der Waals surface area (Å²) in [6.07, 6.45) is 2.30. The van der Waals surface area contributed by atoms with E-state index in [0.29, 0.717) is 0 Å². The van der Waals surface area contributed by atoms with Crippen LogP contribution in [0, 0.1) is 0 Å². The third-order valence-electron chi connectivity index (χ3n) is 3.05. The van der Waals surface area contributed by atoms with Gasteiger partial charge in [-0.1, -0.05) is 25.5 Å². The summed E-state index contributed by atoms with van der Waals surface area (Å²) in [5.41, 5.74) is 1.24. The number of hydrogen-bond donors (Lipinski definition) is 1. The number of ether oxygens (including phenoxy) is 1. The number of guanidine groups is 1. The van der Waals surface area contributed by atoms with Gasteiger partial charge in [-0.2, -0.15) is 0 Å². The van der Waals surface area contributed by atoms with Gasteiger partial charge in [0.05, 0.1) is 7.11 Å². The molecule has 0 radical (unpaired) electrons. The summed E-state index contributed by atoms with van der Waals surface area (Å²) in [5, 5.41) is 3.34. The summed E-state index contributed by atoms with van der Waals surface area (Å²) in [6.45, 7) is 6.88. The van der Waals surface area contributed by atoms with E-state index in [-0.39, 0.29) is 24.0 Å². The van der Waals surface area contributed by atoms with E-state index in [4.69, 9.17) is 4.74 Å². The van der Waals surface area contributed by atoms with E-state index in [1.165, 1.54) is 12.0 Å². The second-order valence-corrected chi connectivity index (χ2v) is 4.79. The highest BCUT2D eigenvalue weighted by Gasteiger charge is 2.06. The Kier molecular flexibility index (Phi) is 11.1. The summed E-state index contributed by atoms with van der Waals surface area (Å²) in [5.74, 6) is 1.86. The van der Waals surface area contributed by atoms with Crippen LogP contribution in [0.15, 0.2) is 29.3 Å². The first-order valence-corrected chi connectivity index (χ1v) is 7.33. The van der Waals surface area contributed by atoms with Gasteiger partial charge in [-0.05, 0) is 31.0 Å². The molecule has 21 heavy (non-hydrogen) atoms. The van der Waals surface area contributed by atoms with E-state index in [1.807, 2.05) is 12.1 Å². The number of nitrogens with zero attached hydrogens (tertiary/aromatic N) is 2. The second-order valence-electron chi connectivity index (χ2n) is 4.79. The second kappa shape index (κ2) is 11.7. The molecule has 5 heteroatoms. The van der Waals surface area contributed by atoms with Crippen molar-refractivity contribution in [2.45, 2.75) is 33.2 Å². The molecule has 0 fully saturated rings. The molecular formula is C16H28IN3O. The summed E-state index contributed by atoms with van der Waals surface area (Å²) in [7, 11) is 3.75. The van der Waals surface area contributed by atoms with E-state index in [2.05, 4.69) is 48.2 Å². The van der Waals surface area contributed by atoms with E-state index in [0.717, 1.165) is 37.8 Å². The van der Waals surface area contributed by atoms with Gasteiger partial charge in [0.2, 0.25) is 0 Å². The van der Waals surface area contributed by atoms with Crippen LogP contribution in [-0.2, 0) is 6.54 Å². The molecule has 1 aromatic rings. The van der Waals surface area contributed by atoms with Crippen molar-refractivity contribution in [1.29, 1.82) is 0 Å². The van der Waals surface area contributed by atoms with Crippen LogP contribution < -0.4 is 10.1 Å². The molecule has 0 aromatic heterocycles. The Morgan fingerprint density at radius 3 is 2.43 bits per heavy atom. The molecule has 4 nitrogen and oxygen atoms in total. The number of rotatable bonds is 7. The van der Waals surface area contributed by atoms with Crippen molar-refractivity contribution >= 4 is 29.9 Å². The summed E-state index contributed by atoms with van der Waals surface area (Å²) in [4.78, 5) is 6.79. The number of methoxy groups -OCH3 is 1. The molecule has 0 spiro atoms. The SMILES string of the molecule is CCCCN=C(NCC)N(C)Cc1ccc(OC)cc1.I. The van der Waals surface area contributed by atoms with Crippen molar-refractivity contribution in [2.24, 2.45) is 4.99 Å². The van der Waals surface area contributed by atoms with Crippen LogP contribution in [0.5, 0.6) is 5.75 Å². The standard InChI is InChI=1S/C16H27N3O.HI/c1-5-7-12-18-16(17-6-2)19(3)13-14-8-10-15(20-4)11-9-14;/h8-11H,5-7,12-13H2,1-4H3,(H,17,18);1H. The topological polar surface area (TPSA) is 36.9 Å². The molecule has 0 amide bonds. The summed E-state index contributed by atoms with van der Waals surface area (Å²) >= 11 is 0. The lowest BCUT2D eigenvalue weighted by Gasteiger charge is -2.22. The van der Waals surface area contributed by atoms with Crippen molar-refractivity contribution in [3.63, 3.8) is 0 Å². The van der Waals surface area contributed by atoms with Gasteiger partial charge in [0.15, 0.2) is 5.96 Å². The van der Waals surface area contributed by atoms with E-state index < -0.39 is 0 Å². The monoisotopic (exact) mass is 405 g/mol. The zero-order valence-corrected chi connectivity index (χ0v) is 15.9. The Bertz CT molecular complexity index is 406. The third-order valence-corrected chi connectivity index (χ3v) is 3.05. The van der Waals surface area contributed by atoms with Crippen LogP contribution in [0.25, 0.3) is 0 Å². The maximum atomic E-state index is 5.18. The zero-order chi connectivity index (χ0) is 14.8. The molecule has 0 aliphatic carbocycles. The molecule has 0 heterocycles. The number of benzene rings is 1. The fourth-order valence-corrected chi connectivity index (χ4v) is 1.89. The summed E-state index contributed by atoms with van der Waals surface area (Å²) < 4.78 is 5.18. The van der Waals surface area contributed by atoms with Crippen LogP contribution in [0.1, 0.15) is 32.3 Å². The first kappa shape index (κ1) is 20.0. The Morgan fingerprint density at radius 2 is 1.90 bits per heavy atom. The van der Waals surface area contributed by atoms with Crippen LogP contribution >= 0.6 is 24.0 Å². The van der Waals surface area contributed by atoms with Gasteiger partial charge in [0.25, 0.3) is 0 Å². The average molecular weight is 405 g/mol.